The molecule has 0 radical (unpaired) electrons. The summed E-state index contributed by atoms with van der Waals surface area (Å²) < 4.78 is 10.7. The number of carbonyl (C=O) groups is 1. The highest BCUT2D eigenvalue weighted by Crippen LogP contribution is 2.32. The number of carbonyl (C=O) groups excluding carboxylic acids is 1. The normalized spacial score (nSPS) is 16.6. The van der Waals surface area contributed by atoms with Crippen LogP contribution in [-0.2, 0) is 4.79 Å². The summed E-state index contributed by atoms with van der Waals surface area (Å²) in [6.45, 7) is 0.680. The second kappa shape index (κ2) is 8.08. The summed E-state index contributed by atoms with van der Waals surface area (Å²) in [5.41, 5.74) is 1.80. The van der Waals surface area contributed by atoms with Crippen LogP contribution in [0, 0.1) is 0 Å². The third-order valence-electron chi connectivity index (χ3n) is 4.81. The maximum absolute atomic E-state index is 12.7. The molecule has 1 amide bonds. The molecule has 28 heavy (non-hydrogen) atoms. The molecule has 3 aromatic rings. The monoisotopic (exact) mass is 375 g/mol. The van der Waals surface area contributed by atoms with E-state index in [-0.39, 0.29) is 11.9 Å². The summed E-state index contributed by atoms with van der Waals surface area (Å²) in [6, 6.07) is 17.1. The third kappa shape index (κ3) is 3.81. The number of nitrogens with zero attached hydrogens (tertiary/aromatic N) is 3. The van der Waals surface area contributed by atoms with Gasteiger partial charge in [0.2, 0.25) is 17.6 Å². The SMILES string of the molecule is COc1cccc(-c2noc([C@@H]3CCCN3C(=O)/C=C/c3ccccc3)n2)c1. The van der Waals surface area contributed by atoms with Gasteiger partial charge >= 0.3 is 0 Å². The Labute approximate surface area is 163 Å². The Morgan fingerprint density at radius 3 is 2.89 bits per heavy atom. The lowest BCUT2D eigenvalue weighted by Crippen LogP contribution is -2.29. The summed E-state index contributed by atoms with van der Waals surface area (Å²) >= 11 is 0. The molecule has 1 fully saturated rings. The highest BCUT2D eigenvalue weighted by atomic mass is 16.5. The summed E-state index contributed by atoms with van der Waals surface area (Å²) in [7, 11) is 1.62. The van der Waals surface area contributed by atoms with Gasteiger partial charge in [0.1, 0.15) is 11.8 Å². The van der Waals surface area contributed by atoms with Gasteiger partial charge in [-0.25, -0.2) is 0 Å². The molecule has 1 atom stereocenters. The van der Waals surface area contributed by atoms with E-state index >= 15 is 0 Å². The molecule has 1 aliphatic rings. The minimum Gasteiger partial charge on any atom is -0.497 e. The van der Waals surface area contributed by atoms with Crippen LogP contribution in [0.1, 0.15) is 30.3 Å². The first-order valence-electron chi connectivity index (χ1n) is 9.26. The number of methoxy groups -OCH3 is 1. The molecular formula is C22H21N3O3. The summed E-state index contributed by atoms with van der Waals surface area (Å²) in [6.07, 6.45) is 5.15. The molecule has 1 aliphatic heterocycles. The van der Waals surface area contributed by atoms with Crippen molar-refractivity contribution in [2.45, 2.75) is 18.9 Å². The quantitative estimate of drug-likeness (QED) is 0.628. The molecule has 142 valence electrons. The third-order valence-corrected chi connectivity index (χ3v) is 4.81. The van der Waals surface area contributed by atoms with Crippen LogP contribution in [0.2, 0.25) is 0 Å². The van der Waals surface area contributed by atoms with Crippen LogP contribution < -0.4 is 4.74 Å². The average molecular weight is 375 g/mol. The van der Waals surface area contributed by atoms with Crippen LogP contribution in [0.4, 0.5) is 0 Å². The zero-order chi connectivity index (χ0) is 19.3. The molecule has 0 spiro atoms. The first-order chi connectivity index (χ1) is 13.7. The van der Waals surface area contributed by atoms with Crippen molar-refractivity contribution >= 4 is 12.0 Å². The van der Waals surface area contributed by atoms with Crippen LogP contribution in [0.3, 0.4) is 0 Å². The van der Waals surface area contributed by atoms with Gasteiger partial charge in [0.05, 0.1) is 7.11 Å². The number of likely N-dealkylation sites (tertiary alicyclic amines) is 1. The van der Waals surface area contributed by atoms with Crippen molar-refractivity contribution in [3.63, 3.8) is 0 Å². The fourth-order valence-corrected chi connectivity index (χ4v) is 3.36. The second-order valence-corrected chi connectivity index (χ2v) is 6.62. The molecule has 0 bridgehead atoms. The fourth-order valence-electron chi connectivity index (χ4n) is 3.36. The van der Waals surface area contributed by atoms with E-state index in [1.807, 2.05) is 60.7 Å². The minimum atomic E-state index is -0.195. The Balaban J connectivity index is 1.51. The van der Waals surface area contributed by atoms with Crippen molar-refractivity contribution in [3.05, 3.63) is 72.1 Å². The van der Waals surface area contributed by atoms with Crippen molar-refractivity contribution in [3.8, 4) is 17.1 Å². The average Bonchev–Trinajstić information content (AvgIpc) is 3.42. The van der Waals surface area contributed by atoms with Crippen LogP contribution in [0.15, 0.2) is 65.2 Å². The smallest absolute Gasteiger partial charge is 0.249 e. The van der Waals surface area contributed by atoms with Crippen molar-refractivity contribution in [1.82, 2.24) is 15.0 Å². The largest absolute Gasteiger partial charge is 0.497 e. The molecule has 0 N–H and O–H groups in total. The zero-order valence-corrected chi connectivity index (χ0v) is 15.6. The first kappa shape index (κ1) is 18.0. The van der Waals surface area contributed by atoms with Gasteiger partial charge in [-0.05, 0) is 36.6 Å². The Kier molecular flexibility index (Phi) is 5.19. The van der Waals surface area contributed by atoms with E-state index in [0.717, 1.165) is 29.7 Å². The lowest BCUT2D eigenvalue weighted by atomic mass is 10.2. The molecule has 6 heteroatoms. The highest BCUT2D eigenvalue weighted by Gasteiger charge is 2.33. The highest BCUT2D eigenvalue weighted by molar-refractivity contribution is 5.92. The Morgan fingerprint density at radius 2 is 2.07 bits per heavy atom. The van der Waals surface area contributed by atoms with E-state index in [1.165, 1.54) is 0 Å². The van der Waals surface area contributed by atoms with Crippen molar-refractivity contribution in [2.24, 2.45) is 0 Å². The molecule has 0 aliphatic carbocycles. The van der Waals surface area contributed by atoms with Gasteiger partial charge in [-0.2, -0.15) is 4.98 Å². The van der Waals surface area contributed by atoms with Crippen LogP contribution >= 0.6 is 0 Å². The number of benzene rings is 2. The Morgan fingerprint density at radius 1 is 1.21 bits per heavy atom. The Hall–Kier alpha value is -3.41. The predicted molar refractivity (Wildman–Crippen MR) is 105 cm³/mol. The maximum atomic E-state index is 12.7. The molecule has 6 nitrogen and oxygen atoms in total. The van der Waals surface area contributed by atoms with E-state index < -0.39 is 0 Å². The zero-order valence-electron chi connectivity index (χ0n) is 15.6. The minimum absolute atomic E-state index is 0.0486. The topological polar surface area (TPSA) is 68.5 Å². The lowest BCUT2D eigenvalue weighted by Gasteiger charge is -2.20. The fraction of sp³-hybridized carbons (Fsp3) is 0.227. The van der Waals surface area contributed by atoms with Crippen molar-refractivity contribution in [1.29, 1.82) is 0 Å². The predicted octanol–water partition coefficient (Wildman–Crippen LogP) is 4.12. The van der Waals surface area contributed by atoms with Gasteiger partial charge in [0.25, 0.3) is 0 Å². The Bertz CT molecular complexity index is 981. The maximum Gasteiger partial charge on any atom is 0.249 e. The van der Waals surface area contributed by atoms with E-state index in [4.69, 9.17) is 9.26 Å². The van der Waals surface area contributed by atoms with Gasteiger partial charge < -0.3 is 14.2 Å². The van der Waals surface area contributed by atoms with Gasteiger partial charge in [0.15, 0.2) is 0 Å². The second-order valence-electron chi connectivity index (χ2n) is 6.62. The van der Waals surface area contributed by atoms with E-state index in [1.54, 1.807) is 18.1 Å². The molecule has 0 unspecified atom stereocenters. The summed E-state index contributed by atoms with van der Waals surface area (Å²) in [4.78, 5) is 19.0. The molecule has 2 aromatic carbocycles. The standard InChI is InChI=1S/C22H21N3O3/c1-27-18-10-5-9-17(15-18)21-23-22(28-24-21)19-11-6-14-25(19)20(26)13-12-16-7-3-2-4-8-16/h2-5,7-10,12-13,15,19H,6,11,14H2,1H3/b13-12+/t19-/m0/s1. The number of amides is 1. The molecule has 1 saturated heterocycles. The summed E-state index contributed by atoms with van der Waals surface area (Å²) in [5, 5.41) is 4.10. The number of hydrogen-bond donors (Lipinski definition) is 0. The van der Waals surface area contributed by atoms with Crippen LogP contribution in [-0.4, -0.2) is 34.6 Å². The van der Waals surface area contributed by atoms with Gasteiger partial charge in [0, 0.05) is 18.2 Å². The number of ether oxygens (including phenoxy) is 1. The van der Waals surface area contributed by atoms with Crippen LogP contribution in [0.25, 0.3) is 17.5 Å². The van der Waals surface area contributed by atoms with Crippen molar-refractivity contribution in [2.75, 3.05) is 13.7 Å². The van der Waals surface area contributed by atoms with Gasteiger partial charge in [-0.1, -0.05) is 47.6 Å². The first-order valence-corrected chi connectivity index (χ1v) is 9.26. The number of aromatic nitrogens is 2. The van der Waals surface area contributed by atoms with Gasteiger partial charge in [-0.15, -0.1) is 0 Å². The van der Waals surface area contributed by atoms with E-state index in [2.05, 4.69) is 10.1 Å². The molecule has 2 heterocycles. The number of rotatable bonds is 5. The molecular weight excluding hydrogens is 354 g/mol. The van der Waals surface area contributed by atoms with Gasteiger partial charge in [-0.3, -0.25) is 4.79 Å². The molecule has 4 rings (SSSR count). The number of hydrogen-bond acceptors (Lipinski definition) is 5. The lowest BCUT2D eigenvalue weighted by molar-refractivity contribution is -0.127. The van der Waals surface area contributed by atoms with E-state index in [9.17, 15) is 4.79 Å². The molecule has 1 aromatic heterocycles. The molecule has 0 saturated carbocycles. The van der Waals surface area contributed by atoms with Crippen molar-refractivity contribution < 1.29 is 14.1 Å². The van der Waals surface area contributed by atoms with Crippen LogP contribution in [0.5, 0.6) is 5.75 Å². The van der Waals surface area contributed by atoms with E-state index in [0.29, 0.717) is 18.3 Å². The summed E-state index contributed by atoms with van der Waals surface area (Å²) in [5.74, 6) is 1.64.